The van der Waals surface area contributed by atoms with Crippen molar-refractivity contribution in [1.29, 1.82) is 0 Å². The minimum Gasteiger partial charge on any atom is -0.299 e. The maximum Gasteiger partial charge on any atom is 0.186 e. The smallest absolute Gasteiger partial charge is 0.186 e. The Labute approximate surface area is 152 Å². The molecule has 0 aliphatic heterocycles. The lowest BCUT2D eigenvalue weighted by molar-refractivity contribution is -0.117. The highest BCUT2D eigenvalue weighted by atomic mass is 32.2. The molecule has 0 N–H and O–H groups in total. The van der Waals surface area contributed by atoms with E-state index in [2.05, 4.69) is 26.5 Å². The summed E-state index contributed by atoms with van der Waals surface area (Å²) in [5.74, 6) is 0.315. The maximum atomic E-state index is 11.1. The second-order valence-corrected chi connectivity index (χ2v) is 7.83. The van der Waals surface area contributed by atoms with Gasteiger partial charge in [0, 0.05) is 6.92 Å². The number of Topliss-reactive ketones (excluding diaryl/α,β-unsaturated/α-hetero) is 2. The van der Waals surface area contributed by atoms with Crippen molar-refractivity contribution in [2.45, 2.75) is 96.5 Å². The zero-order chi connectivity index (χ0) is 18.3. The number of thiol groups is 1. The van der Waals surface area contributed by atoms with Gasteiger partial charge in [0.1, 0.15) is 11.6 Å². The Morgan fingerprint density at radius 1 is 0.826 bits per heavy atom. The van der Waals surface area contributed by atoms with Gasteiger partial charge in [-0.2, -0.15) is 12.6 Å². The third kappa shape index (κ3) is 17.9. The third-order valence-corrected chi connectivity index (χ3v) is 5.19. The van der Waals surface area contributed by atoms with Crippen molar-refractivity contribution in [2.24, 2.45) is 0 Å². The molecule has 0 aromatic carbocycles. The van der Waals surface area contributed by atoms with Gasteiger partial charge in [-0.1, -0.05) is 64.1 Å². The van der Waals surface area contributed by atoms with Gasteiger partial charge in [-0.15, -0.1) is 0 Å². The summed E-state index contributed by atoms with van der Waals surface area (Å²) in [6.07, 6.45) is 8.66. The van der Waals surface area contributed by atoms with Crippen molar-refractivity contribution in [3.05, 3.63) is 0 Å². The molecule has 0 aliphatic rings. The van der Waals surface area contributed by atoms with Crippen molar-refractivity contribution in [3.63, 3.8) is 0 Å². The van der Waals surface area contributed by atoms with E-state index < -0.39 is 0 Å². The maximum absolute atomic E-state index is 11.1. The number of rotatable bonds is 11. The summed E-state index contributed by atoms with van der Waals surface area (Å²) in [6, 6.07) is 0. The Kier molecular flexibility index (Phi) is 18.0. The molecule has 0 saturated heterocycles. The number of carbonyl (C=O) groups excluding carboxylic acids is 3. The summed E-state index contributed by atoms with van der Waals surface area (Å²) in [5, 5.41) is -0.0905. The van der Waals surface area contributed by atoms with Crippen LogP contribution in [0.15, 0.2) is 0 Å². The van der Waals surface area contributed by atoms with E-state index in [0.29, 0.717) is 0 Å². The highest BCUT2D eigenvalue weighted by molar-refractivity contribution is 8.14. The summed E-state index contributed by atoms with van der Waals surface area (Å²) in [4.78, 5) is 32.6. The largest absolute Gasteiger partial charge is 0.299 e. The average Bonchev–Trinajstić information content (AvgIpc) is 2.46. The van der Waals surface area contributed by atoms with E-state index in [0.717, 1.165) is 38.5 Å². The normalized spacial score (nSPS) is 12.8. The van der Waals surface area contributed by atoms with E-state index in [9.17, 15) is 14.4 Å². The van der Waals surface area contributed by atoms with Crippen molar-refractivity contribution in [1.82, 2.24) is 0 Å². The van der Waals surface area contributed by atoms with Gasteiger partial charge in [0.15, 0.2) is 5.12 Å². The summed E-state index contributed by atoms with van der Waals surface area (Å²) in [5.41, 5.74) is 0. The summed E-state index contributed by atoms with van der Waals surface area (Å²) < 4.78 is 0. The van der Waals surface area contributed by atoms with Crippen LogP contribution in [-0.4, -0.2) is 27.2 Å². The second-order valence-electron chi connectivity index (χ2n) is 5.83. The first-order valence-corrected chi connectivity index (χ1v) is 10.0. The summed E-state index contributed by atoms with van der Waals surface area (Å²) in [7, 11) is 0. The third-order valence-electron chi connectivity index (χ3n) is 3.38. The van der Waals surface area contributed by atoms with Crippen LogP contribution in [0.5, 0.6) is 0 Å². The van der Waals surface area contributed by atoms with Gasteiger partial charge in [0.2, 0.25) is 0 Å². The molecule has 0 radical (unpaired) electrons. The molecule has 0 bridgehead atoms. The van der Waals surface area contributed by atoms with Gasteiger partial charge in [-0.25, -0.2) is 0 Å². The molecule has 0 aromatic heterocycles. The van der Waals surface area contributed by atoms with E-state index in [-0.39, 0.29) is 27.2 Å². The quantitative estimate of drug-likeness (QED) is 0.402. The Morgan fingerprint density at radius 3 is 1.65 bits per heavy atom. The molecule has 0 heterocycles. The van der Waals surface area contributed by atoms with Crippen LogP contribution < -0.4 is 0 Å². The van der Waals surface area contributed by atoms with E-state index >= 15 is 0 Å². The fraction of sp³-hybridized carbons (Fsp3) is 0.833. The van der Waals surface area contributed by atoms with Crippen molar-refractivity contribution in [2.75, 3.05) is 0 Å². The Hall–Kier alpha value is -0.290. The van der Waals surface area contributed by atoms with E-state index in [1.165, 1.54) is 31.5 Å². The molecule has 0 amide bonds. The van der Waals surface area contributed by atoms with E-state index in [1.54, 1.807) is 13.8 Å². The zero-order valence-corrected chi connectivity index (χ0v) is 17.1. The number of thioether (sulfide) groups is 1. The zero-order valence-electron chi connectivity index (χ0n) is 15.4. The Balaban J connectivity index is 0. The molecular formula is C18H34O3S2. The Bertz CT molecular complexity index is 343. The first-order valence-electron chi connectivity index (χ1n) is 8.62. The molecule has 0 saturated carbocycles. The van der Waals surface area contributed by atoms with Crippen LogP contribution in [0.25, 0.3) is 0 Å². The molecule has 2 unspecified atom stereocenters. The Morgan fingerprint density at radius 2 is 1.30 bits per heavy atom. The SMILES string of the molecule is CCCCCC(S)C(C)=O.CCCCCC(SC(C)=O)C(C)=O. The van der Waals surface area contributed by atoms with E-state index in [1.807, 2.05) is 0 Å². The number of ketones is 2. The molecule has 0 aliphatic carbocycles. The lowest BCUT2D eigenvalue weighted by Crippen LogP contribution is -2.15. The van der Waals surface area contributed by atoms with Gasteiger partial charge in [0.05, 0.1) is 10.5 Å². The van der Waals surface area contributed by atoms with Gasteiger partial charge in [-0.3, -0.25) is 14.4 Å². The van der Waals surface area contributed by atoms with E-state index in [4.69, 9.17) is 0 Å². The monoisotopic (exact) mass is 362 g/mol. The van der Waals surface area contributed by atoms with Crippen LogP contribution in [0.1, 0.15) is 86.0 Å². The van der Waals surface area contributed by atoms with Gasteiger partial charge in [0.25, 0.3) is 0 Å². The number of hydrogen-bond donors (Lipinski definition) is 1. The topological polar surface area (TPSA) is 51.2 Å². The second kappa shape index (κ2) is 16.6. The molecular weight excluding hydrogens is 328 g/mol. The lowest BCUT2D eigenvalue weighted by atomic mass is 10.1. The molecule has 0 aromatic rings. The van der Waals surface area contributed by atoms with Gasteiger partial charge in [-0.05, 0) is 26.7 Å². The minimum absolute atomic E-state index is 0.0217. The molecule has 5 heteroatoms. The van der Waals surface area contributed by atoms with Crippen LogP contribution in [0, 0.1) is 0 Å². The highest BCUT2D eigenvalue weighted by Gasteiger charge is 2.16. The molecule has 0 fully saturated rings. The predicted molar refractivity (Wildman–Crippen MR) is 104 cm³/mol. The number of carbonyl (C=O) groups is 3. The highest BCUT2D eigenvalue weighted by Crippen LogP contribution is 2.19. The summed E-state index contributed by atoms with van der Waals surface area (Å²) in [6.45, 7) is 8.96. The minimum atomic E-state index is -0.107. The summed E-state index contributed by atoms with van der Waals surface area (Å²) >= 11 is 5.32. The molecule has 136 valence electrons. The van der Waals surface area contributed by atoms with Crippen LogP contribution in [0.2, 0.25) is 0 Å². The molecule has 2 atom stereocenters. The molecule has 23 heavy (non-hydrogen) atoms. The van der Waals surface area contributed by atoms with Gasteiger partial charge >= 0.3 is 0 Å². The fourth-order valence-electron chi connectivity index (χ4n) is 1.92. The standard InChI is InChI=1S/C10H18O2S.C8H16OS/c1-4-5-6-7-10(8(2)11)13-9(3)12;1-3-4-5-6-8(10)7(2)9/h10H,4-7H2,1-3H3;8,10H,3-6H2,1-2H3. The average molecular weight is 363 g/mol. The number of hydrogen-bond acceptors (Lipinski definition) is 5. The molecule has 0 spiro atoms. The number of unbranched alkanes of at least 4 members (excludes halogenated alkanes) is 4. The van der Waals surface area contributed by atoms with Crippen molar-refractivity contribution < 1.29 is 14.4 Å². The molecule has 0 rings (SSSR count). The first kappa shape index (κ1) is 25.0. The van der Waals surface area contributed by atoms with Crippen molar-refractivity contribution in [3.8, 4) is 0 Å². The lowest BCUT2D eigenvalue weighted by Gasteiger charge is -2.10. The first-order chi connectivity index (χ1) is 10.8. The predicted octanol–water partition coefficient (Wildman–Crippen LogP) is 5.26. The fourth-order valence-corrected chi connectivity index (χ4v) is 2.95. The van der Waals surface area contributed by atoms with Crippen LogP contribution >= 0.6 is 24.4 Å². The van der Waals surface area contributed by atoms with Crippen molar-refractivity contribution >= 4 is 41.1 Å². The molecule has 3 nitrogen and oxygen atoms in total. The van der Waals surface area contributed by atoms with Crippen LogP contribution in [-0.2, 0) is 14.4 Å². The van der Waals surface area contributed by atoms with Crippen LogP contribution in [0.4, 0.5) is 0 Å². The van der Waals surface area contributed by atoms with Gasteiger partial charge < -0.3 is 0 Å². The van der Waals surface area contributed by atoms with Crippen LogP contribution in [0.3, 0.4) is 0 Å².